The molecule has 0 saturated carbocycles. The van der Waals surface area contributed by atoms with Crippen LogP contribution in [-0.4, -0.2) is 35.5 Å². The lowest BCUT2D eigenvalue weighted by Crippen LogP contribution is -2.30. The lowest BCUT2D eigenvalue weighted by Gasteiger charge is -2.26. The first kappa shape index (κ1) is 18.1. The maximum Gasteiger partial charge on any atom is 0.223 e. The van der Waals surface area contributed by atoms with Crippen LogP contribution in [0, 0.1) is 0 Å². The van der Waals surface area contributed by atoms with Gasteiger partial charge in [-0.15, -0.1) is 0 Å². The van der Waals surface area contributed by atoms with Crippen LogP contribution in [0.1, 0.15) is 42.9 Å². The third-order valence-electron chi connectivity index (χ3n) is 6.01. The number of aromatic amines is 1. The number of para-hydroxylation sites is 1. The molecule has 5 heteroatoms. The Morgan fingerprint density at radius 1 is 1.07 bits per heavy atom. The smallest absolute Gasteiger partial charge is 0.223 e. The van der Waals surface area contributed by atoms with Gasteiger partial charge in [-0.1, -0.05) is 24.3 Å². The number of ether oxygens (including phenoxy) is 2. The van der Waals surface area contributed by atoms with E-state index in [0.29, 0.717) is 19.6 Å². The second-order valence-electron chi connectivity index (χ2n) is 7.86. The van der Waals surface area contributed by atoms with Crippen molar-refractivity contribution in [1.82, 2.24) is 9.88 Å². The lowest BCUT2D eigenvalue weighted by atomic mass is 10.0. The van der Waals surface area contributed by atoms with E-state index in [0.717, 1.165) is 54.8 Å². The number of aromatic nitrogens is 1. The lowest BCUT2D eigenvalue weighted by molar-refractivity contribution is -0.132. The molecule has 1 saturated heterocycles. The maximum absolute atomic E-state index is 13.1. The second-order valence-corrected chi connectivity index (χ2v) is 7.86. The normalized spacial score (nSPS) is 18.8. The molecule has 2 aliphatic rings. The van der Waals surface area contributed by atoms with Gasteiger partial charge < -0.3 is 19.4 Å². The number of hydrogen-bond acceptors (Lipinski definition) is 3. The number of benzene rings is 2. The number of rotatable bonds is 4. The highest BCUT2D eigenvalue weighted by Gasteiger charge is 2.30. The Hall–Kier alpha value is -2.95. The van der Waals surface area contributed by atoms with E-state index in [-0.39, 0.29) is 11.9 Å². The molecule has 1 N–H and O–H groups in total. The van der Waals surface area contributed by atoms with Gasteiger partial charge in [0.15, 0.2) is 11.5 Å². The average molecular weight is 390 g/mol. The van der Waals surface area contributed by atoms with Crippen molar-refractivity contribution >= 4 is 16.8 Å². The minimum Gasteiger partial charge on any atom is -0.490 e. The molecule has 0 unspecified atom stereocenters. The van der Waals surface area contributed by atoms with Crippen molar-refractivity contribution in [2.24, 2.45) is 0 Å². The number of carbonyl (C=O) groups is 1. The molecule has 0 radical (unpaired) electrons. The van der Waals surface area contributed by atoms with Crippen molar-refractivity contribution in [3.63, 3.8) is 0 Å². The summed E-state index contributed by atoms with van der Waals surface area (Å²) in [7, 11) is 0. The van der Waals surface area contributed by atoms with Gasteiger partial charge in [-0.3, -0.25) is 4.79 Å². The molecule has 2 aliphatic heterocycles. The molecule has 3 heterocycles. The fourth-order valence-electron chi connectivity index (χ4n) is 4.52. The summed E-state index contributed by atoms with van der Waals surface area (Å²) in [5, 5.41) is 1.21. The van der Waals surface area contributed by atoms with Crippen LogP contribution in [0.2, 0.25) is 0 Å². The SMILES string of the molecule is O=C(CCc1c[nH]c2ccccc12)N1CCC[C@H]1c1ccc2c(c1)OCCCO2. The molecule has 5 nitrogen and oxygen atoms in total. The highest BCUT2D eigenvalue weighted by molar-refractivity contribution is 5.84. The van der Waals surface area contributed by atoms with Gasteiger partial charge in [-0.05, 0) is 48.6 Å². The molecule has 150 valence electrons. The summed E-state index contributed by atoms with van der Waals surface area (Å²) in [5.74, 6) is 1.84. The van der Waals surface area contributed by atoms with Crippen LogP contribution in [0.15, 0.2) is 48.7 Å². The number of likely N-dealkylation sites (tertiary alicyclic amines) is 1. The molecule has 0 aliphatic carbocycles. The van der Waals surface area contributed by atoms with E-state index < -0.39 is 0 Å². The number of H-pyrrole nitrogens is 1. The Balaban J connectivity index is 1.30. The Kier molecular flexibility index (Phi) is 4.88. The van der Waals surface area contributed by atoms with Crippen molar-refractivity contribution < 1.29 is 14.3 Å². The third-order valence-corrected chi connectivity index (χ3v) is 6.01. The van der Waals surface area contributed by atoms with Gasteiger partial charge in [0.05, 0.1) is 19.3 Å². The van der Waals surface area contributed by atoms with Crippen molar-refractivity contribution in [2.45, 2.75) is 38.1 Å². The van der Waals surface area contributed by atoms with E-state index >= 15 is 0 Å². The molecule has 29 heavy (non-hydrogen) atoms. The summed E-state index contributed by atoms with van der Waals surface area (Å²) < 4.78 is 11.6. The molecule has 0 spiro atoms. The summed E-state index contributed by atoms with van der Waals surface area (Å²) in [6, 6.07) is 14.5. The van der Waals surface area contributed by atoms with E-state index in [1.165, 1.54) is 10.9 Å². The number of hydrogen-bond donors (Lipinski definition) is 1. The van der Waals surface area contributed by atoms with Gasteiger partial charge in [0.25, 0.3) is 0 Å². The molecule has 5 rings (SSSR count). The van der Waals surface area contributed by atoms with E-state index in [1.54, 1.807) is 0 Å². The van der Waals surface area contributed by atoms with E-state index in [4.69, 9.17) is 9.47 Å². The summed E-state index contributed by atoms with van der Waals surface area (Å²) >= 11 is 0. The first-order chi connectivity index (χ1) is 14.3. The van der Waals surface area contributed by atoms with Crippen LogP contribution in [0.3, 0.4) is 0 Å². The summed E-state index contributed by atoms with van der Waals surface area (Å²) in [6.45, 7) is 2.19. The van der Waals surface area contributed by atoms with Crippen LogP contribution in [0.25, 0.3) is 10.9 Å². The first-order valence-electron chi connectivity index (χ1n) is 10.5. The summed E-state index contributed by atoms with van der Waals surface area (Å²) in [6.07, 6.45) is 6.25. The van der Waals surface area contributed by atoms with E-state index in [1.807, 2.05) is 29.3 Å². The summed E-state index contributed by atoms with van der Waals surface area (Å²) in [4.78, 5) is 18.4. The largest absolute Gasteiger partial charge is 0.490 e. The zero-order valence-corrected chi connectivity index (χ0v) is 16.5. The number of nitrogens with zero attached hydrogens (tertiary/aromatic N) is 1. The number of fused-ring (bicyclic) bond motifs is 2. The van der Waals surface area contributed by atoms with E-state index in [9.17, 15) is 4.79 Å². The molecule has 1 fully saturated rings. The number of aryl methyl sites for hydroxylation is 1. The Bertz CT molecular complexity index is 1030. The molecule has 0 bridgehead atoms. The summed E-state index contributed by atoms with van der Waals surface area (Å²) in [5.41, 5.74) is 3.48. The highest BCUT2D eigenvalue weighted by Crippen LogP contribution is 2.38. The van der Waals surface area contributed by atoms with Crippen LogP contribution in [-0.2, 0) is 11.2 Å². The van der Waals surface area contributed by atoms with Crippen LogP contribution >= 0.6 is 0 Å². The van der Waals surface area contributed by atoms with Gasteiger partial charge in [0, 0.05) is 36.5 Å². The molecule has 1 atom stereocenters. The van der Waals surface area contributed by atoms with Crippen molar-refractivity contribution in [2.75, 3.05) is 19.8 Å². The molecular formula is C24H26N2O3. The third kappa shape index (κ3) is 3.57. The monoisotopic (exact) mass is 390 g/mol. The molecule has 3 aromatic rings. The fourth-order valence-corrected chi connectivity index (χ4v) is 4.52. The molecular weight excluding hydrogens is 364 g/mol. The zero-order valence-electron chi connectivity index (χ0n) is 16.5. The Morgan fingerprint density at radius 3 is 2.86 bits per heavy atom. The van der Waals surface area contributed by atoms with Gasteiger partial charge in [0.2, 0.25) is 5.91 Å². The van der Waals surface area contributed by atoms with Crippen molar-refractivity contribution in [3.05, 3.63) is 59.8 Å². The number of amides is 1. The average Bonchev–Trinajstić information content (AvgIpc) is 3.33. The standard InChI is InChI=1S/C24H26N2O3/c27-24(11-9-18-16-25-20-6-2-1-5-19(18)20)26-12-3-7-21(26)17-8-10-22-23(15-17)29-14-4-13-28-22/h1-2,5-6,8,10,15-16,21,25H,3-4,7,9,11-14H2/t21-/m0/s1. The predicted molar refractivity (Wildman–Crippen MR) is 112 cm³/mol. The van der Waals surface area contributed by atoms with Gasteiger partial charge in [-0.25, -0.2) is 0 Å². The minimum atomic E-state index is 0.127. The number of nitrogens with one attached hydrogen (secondary N) is 1. The zero-order chi connectivity index (χ0) is 19.6. The Morgan fingerprint density at radius 2 is 1.93 bits per heavy atom. The highest BCUT2D eigenvalue weighted by atomic mass is 16.5. The van der Waals surface area contributed by atoms with Gasteiger partial charge in [0.1, 0.15) is 0 Å². The minimum absolute atomic E-state index is 0.127. The predicted octanol–water partition coefficient (Wildman–Crippen LogP) is 4.63. The molecule has 1 amide bonds. The molecule has 2 aromatic carbocycles. The van der Waals surface area contributed by atoms with Crippen LogP contribution in [0.5, 0.6) is 11.5 Å². The van der Waals surface area contributed by atoms with Crippen LogP contribution < -0.4 is 9.47 Å². The fraction of sp³-hybridized carbons (Fsp3) is 0.375. The van der Waals surface area contributed by atoms with E-state index in [2.05, 4.69) is 29.2 Å². The van der Waals surface area contributed by atoms with Crippen molar-refractivity contribution in [3.8, 4) is 11.5 Å². The van der Waals surface area contributed by atoms with Gasteiger partial charge >= 0.3 is 0 Å². The maximum atomic E-state index is 13.1. The second kappa shape index (κ2) is 7.82. The van der Waals surface area contributed by atoms with Crippen molar-refractivity contribution in [1.29, 1.82) is 0 Å². The quantitative estimate of drug-likeness (QED) is 0.707. The number of carbonyl (C=O) groups excluding carboxylic acids is 1. The van der Waals surface area contributed by atoms with Gasteiger partial charge in [-0.2, -0.15) is 0 Å². The first-order valence-corrected chi connectivity index (χ1v) is 10.5. The molecule has 1 aromatic heterocycles. The van der Waals surface area contributed by atoms with Crippen LogP contribution in [0.4, 0.5) is 0 Å². The topological polar surface area (TPSA) is 54.6 Å². The Labute approximate surface area is 170 Å².